The molecule has 0 saturated heterocycles. The van der Waals surface area contributed by atoms with Crippen molar-refractivity contribution in [2.75, 3.05) is 9.80 Å². The van der Waals surface area contributed by atoms with E-state index in [2.05, 4.69) is 490 Å². The quantitative estimate of drug-likeness (QED) is 0.134. The fraction of sp³-hybridized carbons (Fsp3) is 0.226. The number of hydrogen-bond acceptors (Lipinski definition) is 3. The summed E-state index contributed by atoms with van der Waals surface area (Å²) in [7, 11) is 0. The van der Waals surface area contributed by atoms with Crippen LogP contribution in [0.15, 0.2) is 322 Å². The van der Waals surface area contributed by atoms with Crippen LogP contribution in [0.1, 0.15) is 184 Å². The van der Waals surface area contributed by atoms with E-state index in [1.54, 1.807) is 0 Å². The highest BCUT2D eigenvalue weighted by molar-refractivity contribution is 7.27. The van der Waals surface area contributed by atoms with Crippen molar-refractivity contribution < 1.29 is 0 Å². The second kappa shape index (κ2) is 29.7. The van der Waals surface area contributed by atoms with E-state index in [1.165, 1.54) is 152 Å². The lowest BCUT2D eigenvalue weighted by molar-refractivity contribution is 0.569. The first-order chi connectivity index (χ1) is 62.4. The van der Waals surface area contributed by atoms with Gasteiger partial charge in [0.25, 0.3) is 6.71 Å². The molecule has 131 heavy (non-hydrogen) atoms. The predicted molar refractivity (Wildman–Crippen MR) is 569 cm³/mol. The van der Waals surface area contributed by atoms with Crippen LogP contribution in [0.3, 0.4) is 0 Å². The Morgan fingerprint density at radius 2 is 0.603 bits per heavy atom. The van der Waals surface area contributed by atoms with E-state index >= 15 is 0 Å². The van der Waals surface area contributed by atoms with Crippen LogP contribution < -0.4 is 26.2 Å². The maximum atomic E-state index is 2.78. The summed E-state index contributed by atoms with van der Waals surface area (Å²) < 4.78 is 10.2. The van der Waals surface area contributed by atoms with Gasteiger partial charge in [0.05, 0.1) is 54.9 Å². The molecule has 0 fully saturated rings. The normalized spacial score (nSPS) is 13.5. The van der Waals surface area contributed by atoms with Gasteiger partial charge < -0.3 is 23.5 Å². The van der Waals surface area contributed by atoms with Gasteiger partial charge in [-0.2, -0.15) is 0 Å². The van der Waals surface area contributed by atoms with Gasteiger partial charge in [-0.05, 0) is 248 Å². The van der Waals surface area contributed by atoms with Crippen LogP contribution in [0, 0.1) is 0 Å². The number of benzene rings is 16. The molecule has 0 radical (unpaired) electrons. The molecule has 2 aliphatic heterocycles. The Bertz CT molecular complexity index is 7880. The summed E-state index contributed by atoms with van der Waals surface area (Å²) in [5.74, 6) is 0. The number of thiophene rings is 1. The molecule has 0 amide bonds. The summed E-state index contributed by atoms with van der Waals surface area (Å²) in [5, 5.41) is 9.94. The lowest BCUT2D eigenvalue weighted by Gasteiger charge is -2.45. The van der Waals surface area contributed by atoms with E-state index in [9.17, 15) is 0 Å². The van der Waals surface area contributed by atoms with Crippen molar-refractivity contribution >= 4 is 154 Å². The second-order valence-corrected chi connectivity index (χ2v) is 45.7. The van der Waals surface area contributed by atoms with Gasteiger partial charge >= 0.3 is 0 Å². The lowest BCUT2D eigenvalue weighted by atomic mass is 9.33. The SMILES string of the molecule is CC(C)(C)c1cc(-c2ccc3c(c2)N(c2cccc4c2sc2c(-c5ccc6c7ccccc7n(-c7ccccc7)c6c5)cccc24)c2cc(-n4c5ccc(C(C)(C)C)cc5c5cc(C(C)(C)C)ccc54)cc4c2B3c2ccc(-n3c5ccc(C(C)(C)C)cc5c5cc(C(C)(C)C)ccc53)cc2N4c2c(-c3ccccc3)cc(C(C)(C)C)cc2-c2ccccc2)cc(C(C)(C)C)c1. The van der Waals surface area contributed by atoms with Crippen molar-refractivity contribution in [1.82, 2.24) is 13.7 Å². The molecule has 646 valence electrons. The van der Waals surface area contributed by atoms with Crippen molar-refractivity contribution in [1.29, 1.82) is 0 Å². The van der Waals surface area contributed by atoms with E-state index < -0.39 is 0 Å². The first-order valence-corrected chi connectivity index (χ1v) is 47.9. The predicted octanol–water partition coefficient (Wildman–Crippen LogP) is 33.2. The van der Waals surface area contributed by atoms with Crippen molar-refractivity contribution in [2.45, 2.75) is 183 Å². The van der Waals surface area contributed by atoms with Crippen LogP contribution >= 0.6 is 11.3 Å². The van der Waals surface area contributed by atoms with Gasteiger partial charge in [0, 0.05) is 93.0 Å². The van der Waals surface area contributed by atoms with Crippen LogP contribution in [0.4, 0.5) is 34.1 Å². The highest BCUT2D eigenvalue weighted by Gasteiger charge is 2.47. The standard InChI is InChI=1S/C124H116BN5S/c1-118(2,3)80-49-57-104-97(66-80)98-67-81(119(4,5)6)50-58-105(98)127(104)88-53-56-102-111(72-88)130(115-95(75-35-25-22-26-36-75)70-86(124(19,20)21)71-96(115)76-37-27-23-28-38-76)113-74-89(128-106-59-51-82(120(7,8)9)68-99(106)100-69-83(121(10,11)12)52-60-107(100)128)73-112-114(113)125(102)101-55-48-77(79-61-84(122(13,14)15)65-85(62-79)123(16,17)18)63-110(101)129(112)108-46-34-44-94-93-43-33-42-90(116(93)131-117(94)108)78-47-54-92-91-41-31-32-45-103(91)126(109(92)64-78)87-39-29-24-30-40-87/h22-74H,1-21H3. The van der Waals surface area contributed by atoms with Crippen molar-refractivity contribution in [3.63, 3.8) is 0 Å². The molecule has 2 aliphatic rings. The van der Waals surface area contributed by atoms with Crippen molar-refractivity contribution in [2.24, 2.45) is 0 Å². The first-order valence-electron chi connectivity index (χ1n) is 47.1. The number of nitrogens with zero attached hydrogens (tertiary/aromatic N) is 5. The fourth-order valence-electron chi connectivity index (χ4n) is 21.2. The van der Waals surface area contributed by atoms with Gasteiger partial charge in [0.1, 0.15) is 0 Å². The number of fused-ring (bicyclic) bond motifs is 16. The molecule has 22 rings (SSSR count). The molecule has 0 aliphatic carbocycles. The van der Waals surface area contributed by atoms with E-state index in [4.69, 9.17) is 0 Å². The van der Waals surface area contributed by atoms with Crippen LogP contribution in [0.2, 0.25) is 0 Å². The summed E-state index contributed by atoms with van der Waals surface area (Å²) in [6, 6.07) is 126. The monoisotopic (exact) mass is 1720 g/mol. The molecule has 0 spiro atoms. The highest BCUT2D eigenvalue weighted by Crippen LogP contribution is 2.57. The molecule has 5 nitrogen and oxygen atoms in total. The van der Waals surface area contributed by atoms with E-state index in [0.29, 0.717) is 0 Å². The van der Waals surface area contributed by atoms with E-state index in [0.717, 1.165) is 84.5 Å². The van der Waals surface area contributed by atoms with Gasteiger partial charge in [-0.25, -0.2) is 0 Å². The topological polar surface area (TPSA) is 21.3 Å². The third-order valence-electron chi connectivity index (χ3n) is 28.7. The summed E-state index contributed by atoms with van der Waals surface area (Å²) in [6.45, 7) is 49.3. The third-order valence-corrected chi connectivity index (χ3v) is 29.9. The van der Waals surface area contributed by atoms with Gasteiger partial charge in [-0.3, -0.25) is 0 Å². The maximum absolute atomic E-state index is 2.78. The molecule has 0 N–H and O–H groups in total. The lowest BCUT2D eigenvalue weighted by Crippen LogP contribution is -2.61. The summed E-state index contributed by atoms with van der Waals surface area (Å²) in [4.78, 5) is 5.54. The molecule has 16 aromatic carbocycles. The van der Waals surface area contributed by atoms with Gasteiger partial charge in [-0.15, -0.1) is 11.3 Å². The molecule has 0 saturated carbocycles. The van der Waals surface area contributed by atoms with Crippen LogP contribution in [-0.2, 0) is 37.9 Å². The summed E-state index contributed by atoms with van der Waals surface area (Å²) in [6.07, 6.45) is 0. The van der Waals surface area contributed by atoms with Crippen LogP contribution in [-0.4, -0.2) is 20.4 Å². The summed E-state index contributed by atoms with van der Waals surface area (Å²) in [5.41, 5.74) is 38.4. The minimum atomic E-state index is -0.298. The Labute approximate surface area is 777 Å². The Hall–Kier alpha value is -13.2. The van der Waals surface area contributed by atoms with Gasteiger partial charge in [0.15, 0.2) is 0 Å². The maximum Gasteiger partial charge on any atom is 0.252 e. The fourth-order valence-corrected chi connectivity index (χ4v) is 22.6. The van der Waals surface area contributed by atoms with E-state index in [1.807, 2.05) is 11.3 Å². The zero-order valence-electron chi connectivity index (χ0n) is 79.8. The molecular formula is C124H116BN5S. The average Bonchev–Trinajstić information content (AvgIpc) is 1.56. The number of rotatable bonds is 9. The number of aromatic nitrogens is 3. The van der Waals surface area contributed by atoms with Crippen LogP contribution in [0.25, 0.3) is 147 Å². The Kier molecular flexibility index (Phi) is 18.9. The molecule has 4 aromatic heterocycles. The smallest absolute Gasteiger partial charge is 0.252 e. The first kappa shape index (κ1) is 83.4. The molecule has 7 heteroatoms. The summed E-state index contributed by atoms with van der Waals surface area (Å²) >= 11 is 1.94. The Morgan fingerprint density at radius 3 is 1.11 bits per heavy atom. The van der Waals surface area contributed by atoms with Gasteiger partial charge in [0.2, 0.25) is 0 Å². The minimum Gasteiger partial charge on any atom is -0.310 e. The molecule has 6 heterocycles. The molecular weight excluding hydrogens is 1600 g/mol. The Balaban J connectivity index is 0.912. The molecule has 0 unspecified atom stereocenters. The zero-order valence-corrected chi connectivity index (χ0v) is 80.6. The number of hydrogen-bond donors (Lipinski definition) is 0. The number of anilines is 6. The zero-order chi connectivity index (χ0) is 91.0. The molecule has 20 aromatic rings. The minimum absolute atomic E-state index is 0.0861. The molecule has 0 bridgehead atoms. The third kappa shape index (κ3) is 13.7. The molecule has 0 atom stereocenters. The largest absolute Gasteiger partial charge is 0.310 e. The average molecular weight is 1720 g/mol. The second-order valence-electron chi connectivity index (χ2n) is 44.7. The van der Waals surface area contributed by atoms with Crippen LogP contribution in [0.5, 0.6) is 0 Å². The van der Waals surface area contributed by atoms with Gasteiger partial charge in [-0.1, -0.05) is 346 Å². The highest BCUT2D eigenvalue weighted by atomic mass is 32.1. The number of para-hydroxylation sites is 2. The van der Waals surface area contributed by atoms with Crippen molar-refractivity contribution in [3.8, 4) is 61.6 Å². The Morgan fingerprint density at radius 1 is 0.206 bits per heavy atom. The van der Waals surface area contributed by atoms with E-state index in [-0.39, 0.29) is 44.6 Å². The van der Waals surface area contributed by atoms with Crippen molar-refractivity contribution in [3.05, 3.63) is 360 Å².